The zero-order chi connectivity index (χ0) is 11.4. The summed E-state index contributed by atoms with van der Waals surface area (Å²) >= 11 is 13.3. The number of rotatable bonds is 4. The Morgan fingerprint density at radius 3 is 2.31 bits per heavy atom. The third-order valence-corrected chi connectivity index (χ3v) is 3.65. The first-order chi connectivity index (χ1) is 7.74. The van der Waals surface area contributed by atoms with Crippen molar-refractivity contribution >= 4 is 34.5 Å². The SMILES string of the molecule is Clc1ccc(CNCc2ccc(Cl)s2)cc1. The zero-order valence-corrected chi connectivity index (χ0v) is 10.9. The molecule has 84 valence electrons. The Morgan fingerprint density at radius 1 is 0.938 bits per heavy atom. The van der Waals surface area contributed by atoms with Crippen molar-refractivity contribution in [2.75, 3.05) is 0 Å². The lowest BCUT2D eigenvalue weighted by molar-refractivity contribution is 0.701. The Hall–Kier alpha value is -0.540. The second-order valence-corrected chi connectivity index (χ2v) is 5.67. The van der Waals surface area contributed by atoms with Crippen LogP contribution in [0.1, 0.15) is 10.4 Å². The Morgan fingerprint density at radius 2 is 1.69 bits per heavy atom. The monoisotopic (exact) mass is 271 g/mol. The van der Waals surface area contributed by atoms with E-state index in [4.69, 9.17) is 23.2 Å². The van der Waals surface area contributed by atoms with Crippen molar-refractivity contribution in [2.45, 2.75) is 13.1 Å². The lowest BCUT2D eigenvalue weighted by atomic mass is 10.2. The summed E-state index contributed by atoms with van der Waals surface area (Å²) in [5.41, 5.74) is 1.23. The zero-order valence-electron chi connectivity index (χ0n) is 8.54. The molecular formula is C12H11Cl2NS. The molecule has 0 aliphatic rings. The predicted molar refractivity (Wildman–Crippen MR) is 71.3 cm³/mol. The molecule has 16 heavy (non-hydrogen) atoms. The van der Waals surface area contributed by atoms with Gasteiger partial charge in [0.1, 0.15) is 0 Å². The summed E-state index contributed by atoms with van der Waals surface area (Å²) in [6.45, 7) is 1.69. The number of halogens is 2. The van der Waals surface area contributed by atoms with E-state index in [2.05, 4.69) is 5.32 Å². The summed E-state index contributed by atoms with van der Waals surface area (Å²) in [4.78, 5) is 1.25. The maximum absolute atomic E-state index is 5.85. The van der Waals surface area contributed by atoms with Gasteiger partial charge in [-0.1, -0.05) is 35.3 Å². The van der Waals surface area contributed by atoms with Crippen LogP contribution in [0, 0.1) is 0 Å². The topological polar surface area (TPSA) is 12.0 Å². The first-order valence-corrected chi connectivity index (χ1v) is 6.50. The van der Waals surface area contributed by atoms with Crippen molar-refractivity contribution in [3.8, 4) is 0 Å². The van der Waals surface area contributed by atoms with Gasteiger partial charge < -0.3 is 5.32 Å². The largest absolute Gasteiger partial charge is 0.308 e. The highest BCUT2D eigenvalue weighted by Gasteiger charge is 1.97. The van der Waals surface area contributed by atoms with E-state index in [1.807, 2.05) is 36.4 Å². The first kappa shape index (κ1) is 11.9. The van der Waals surface area contributed by atoms with Gasteiger partial charge in [0.2, 0.25) is 0 Å². The third kappa shape index (κ3) is 3.49. The first-order valence-electron chi connectivity index (χ1n) is 4.93. The molecule has 1 aromatic carbocycles. The smallest absolute Gasteiger partial charge is 0.0931 e. The summed E-state index contributed by atoms with van der Waals surface area (Å²) in [7, 11) is 0. The van der Waals surface area contributed by atoms with E-state index in [1.165, 1.54) is 10.4 Å². The predicted octanol–water partition coefficient (Wildman–Crippen LogP) is 4.34. The molecule has 0 bridgehead atoms. The summed E-state index contributed by atoms with van der Waals surface area (Å²) in [6, 6.07) is 11.8. The molecule has 0 saturated carbocycles. The fraction of sp³-hybridized carbons (Fsp3) is 0.167. The van der Waals surface area contributed by atoms with E-state index in [0.717, 1.165) is 22.4 Å². The molecule has 1 nitrogen and oxygen atoms in total. The van der Waals surface area contributed by atoms with E-state index in [9.17, 15) is 0 Å². The van der Waals surface area contributed by atoms with E-state index in [1.54, 1.807) is 11.3 Å². The molecule has 2 rings (SSSR count). The maximum atomic E-state index is 5.85. The van der Waals surface area contributed by atoms with Crippen LogP contribution in [0.5, 0.6) is 0 Å². The molecule has 1 N–H and O–H groups in total. The van der Waals surface area contributed by atoms with Gasteiger partial charge in [-0.05, 0) is 29.8 Å². The van der Waals surface area contributed by atoms with Crippen molar-refractivity contribution < 1.29 is 0 Å². The fourth-order valence-corrected chi connectivity index (χ4v) is 2.56. The fourth-order valence-electron chi connectivity index (χ4n) is 1.38. The van der Waals surface area contributed by atoms with Crippen LogP contribution in [-0.4, -0.2) is 0 Å². The Balaban J connectivity index is 1.82. The molecule has 1 heterocycles. The van der Waals surface area contributed by atoms with Gasteiger partial charge in [0.25, 0.3) is 0 Å². The summed E-state index contributed by atoms with van der Waals surface area (Å²) < 4.78 is 0.836. The van der Waals surface area contributed by atoms with Gasteiger partial charge in [0.15, 0.2) is 0 Å². The average Bonchev–Trinajstić information content (AvgIpc) is 2.67. The van der Waals surface area contributed by atoms with Crippen LogP contribution in [-0.2, 0) is 13.1 Å². The minimum Gasteiger partial charge on any atom is -0.308 e. The van der Waals surface area contributed by atoms with E-state index in [0.29, 0.717) is 0 Å². The second-order valence-electron chi connectivity index (χ2n) is 3.44. The molecule has 0 amide bonds. The number of hydrogen-bond acceptors (Lipinski definition) is 2. The molecule has 0 atom stereocenters. The standard InChI is InChI=1S/C12H11Cl2NS/c13-10-3-1-9(2-4-10)7-15-8-11-5-6-12(14)16-11/h1-6,15H,7-8H2. The van der Waals surface area contributed by atoms with E-state index < -0.39 is 0 Å². The molecule has 0 aliphatic carbocycles. The van der Waals surface area contributed by atoms with Crippen molar-refractivity contribution in [1.82, 2.24) is 5.32 Å². The van der Waals surface area contributed by atoms with Gasteiger partial charge in [-0.25, -0.2) is 0 Å². The lowest BCUT2D eigenvalue weighted by Crippen LogP contribution is -2.11. The minimum absolute atomic E-state index is 0.772. The van der Waals surface area contributed by atoms with Crippen LogP contribution < -0.4 is 5.32 Å². The Labute approximate surface area is 109 Å². The third-order valence-electron chi connectivity index (χ3n) is 2.17. The van der Waals surface area contributed by atoms with E-state index in [-0.39, 0.29) is 0 Å². The quantitative estimate of drug-likeness (QED) is 0.872. The molecule has 0 unspecified atom stereocenters. The Kier molecular flexibility index (Phi) is 4.24. The molecule has 0 radical (unpaired) electrons. The van der Waals surface area contributed by atoms with Crippen LogP contribution in [0.15, 0.2) is 36.4 Å². The van der Waals surface area contributed by atoms with Crippen LogP contribution in [0.4, 0.5) is 0 Å². The second kappa shape index (κ2) is 5.69. The molecule has 4 heteroatoms. The highest BCUT2D eigenvalue weighted by molar-refractivity contribution is 7.16. The number of benzene rings is 1. The van der Waals surface area contributed by atoms with Crippen LogP contribution in [0.2, 0.25) is 9.36 Å². The molecular weight excluding hydrogens is 261 g/mol. The van der Waals surface area contributed by atoms with Gasteiger partial charge >= 0.3 is 0 Å². The summed E-state index contributed by atoms with van der Waals surface area (Å²) in [6.07, 6.45) is 0. The van der Waals surface area contributed by atoms with Crippen molar-refractivity contribution in [3.05, 3.63) is 56.2 Å². The summed E-state index contributed by atoms with van der Waals surface area (Å²) in [5, 5.41) is 4.13. The van der Waals surface area contributed by atoms with Gasteiger partial charge in [0.05, 0.1) is 4.34 Å². The molecule has 0 aliphatic heterocycles. The van der Waals surface area contributed by atoms with E-state index >= 15 is 0 Å². The number of thiophene rings is 1. The van der Waals surface area contributed by atoms with Gasteiger partial charge in [0, 0.05) is 23.0 Å². The van der Waals surface area contributed by atoms with Crippen LogP contribution in [0.25, 0.3) is 0 Å². The van der Waals surface area contributed by atoms with Crippen molar-refractivity contribution in [2.24, 2.45) is 0 Å². The van der Waals surface area contributed by atoms with Crippen LogP contribution in [0.3, 0.4) is 0 Å². The van der Waals surface area contributed by atoms with Crippen LogP contribution >= 0.6 is 34.5 Å². The average molecular weight is 272 g/mol. The number of hydrogen-bond donors (Lipinski definition) is 1. The molecule has 1 aromatic heterocycles. The van der Waals surface area contributed by atoms with Gasteiger partial charge in [-0.15, -0.1) is 11.3 Å². The molecule has 0 fully saturated rings. The normalized spacial score (nSPS) is 10.6. The lowest BCUT2D eigenvalue weighted by Gasteiger charge is -2.03. The van der Waals surface area contributed by atoms with Crippen molar-refractivity contribution in [3.63, 3.8) is 0 Å². The van der Waals surface area contributed by atoms with Gasteiger partial charge in [-0.3, -0.25) is 0 Å². The maximum Gasteiger partial charge on any atom is 0.0931 e. The highest BCUT2D eigenvalue weighted by Crippen LogP contribution is 2.21. The Bertz CT molecular complexity index is 450. The molecule has 0 saturated heterocycles. The molecule has 2 aromatic rings. The highest BCUT2D eigenvalue weighted by atomic mass is 35.5. The molecule has 0 spiro atoms. The number of nitrogens with one attached hydrogen (secondary N) is 1. The van der Waals surface area contributed by atoms with Crippen molar-refractivity contribution in [1.29, 1.82) is 0 Å². The minimum atomic E-state index is 0.772. The van der Waals surface area contributed by atoms with Gasteiger partial charge in [-0.2, -0.15) is 0 Å². The summed E-state index contributed by atoms with van der Waals surface area (Å²) in [5.74, 6) is 0.